The monoisotopic (exact) mass is 301 g/mol. The van der Waals surface area contributed by atoms with E-state index >= 15 is 0 Å². The maximum atomic E-state index is 11.5. The van der Waals surface area contributed by atoms with Gasteiger partial charge in [-0.15, -0.1) is 0 Å². The standard InChI is InChI=1S/C11H12BrNO2S/c1-16-5-10(14)6-2-7-8(9(12)3-6)4-13-11(7)15/h2-3,10,14H,4-5H2,1H3,(H,13,15). The fraction of sp³-hybridized carbons (Fsp3) is 0.364. The van der Waals surface area contributed by atoms with E-state index in [0.717, 1.165) is 15.6 Å². The second-order valence-electron chi connectivity index (χ2n) is 3.68. The Labute approximate surface area is 107 Å². The molecule has 1 heterocycles. The van der Waals surface area contributed by atoms with E-state index in [2.05, 4.69) is 21.2 Å². The SMILES string of the molecule is CSCC(O)c1cc(Br)c2c(c1)C(=O)NC2. The maximum absolute atomic E-state index is 11.5. The first-order valence-corrected chi connectivity index (χ1v) is 7.09. The minimum atomic E-state index is -0.523. The number of carbonyl (C=O) groups is 1. The topological polar surface area (TPSA) is 49.3 Å². The summed E-state index contributed by atoms with van der Waals surface area (Å²) in [5.74, 6) is 0.571. The number of halogens is 1. The van der Waals surface area contributed by atoms with Gasteiger partial charge in [0, 0.05) is 22.3 Å². The van der Waals surface area contributed by atoms with E-state index < -0.39 is 6.10 Å². The number of carbonyl (C=O) groups excluding carboxylic acids is 1. The van der Waals surface area contributed by atoms with Crippen LogP contribution in [0.2, 0.25) is 0 Å². The van der Waals surface area contributed by atoms with Crippen molar-refractivity contribution in [2.45, 2.75) is 12.6 Å². The van der Waals surface area contributed by atoms with Crippen molar-refractivity contribution in [1.29, 1.82) is 0 Å². The Hall–Kier alpha value is -0.520. The number of aliphatic hydroxyl groups excluding tert-OH is 1. The second kappa shape index (κ2) is 4.77. The Morgan fingerprint density at radius 1 is 1.62 bits per heavy atom. The number of amides is 1. The van der Waals surface area contributed by atoms with Gasteiger partial charge >= 0.3 is 0 Å². The summed E-state index contributed by atoms with van der Waals surface area (Å²) < 4.78 is 0.888. The van der Waals surface area contributed by atoms with Crippen LogP contribution in [0.15, 0.2) is 16.6 Å². The molecule has 0 aromatic heterocycles. The van der Waals surface area contributed by atoms with Crippen LogP contribution in [-0.2, 0) is 6.54 Å². The van der Waals surface area contributed by atoms with Crippen LogP contribution < -0.4 is 5.32 Å². The third-order valence-electron chi connectivity index (χ3n) is 2.60. The van der Waals surface area contributed by atoms with Gasteiger partial charge in [0.15, 0.2) is 0 Å². The van der Waals surface area contributed by atoms with E-state index in [1.165, 1.54) is 0 Å². The number of fused-ring (bicyclic) bond motifs is 1. The lowest BCUT2D eigenvalue weighted by Gasteiger charge is -2.11. The first-order chi connectivity index (χ1) is 7.63. The zero-order chi connectivity index (χ0) is 11.7. The van der Waals surface area contributed by atoms with Gasteiger partial charge in [-0.2, -0.15) is 11.8 Å². The zero-order valence-electron chi connectivity index (χ0n) is 8.79. The minimum absolute atomic E-state index is 0.0612. The number of hydrogen-bond donors (Lipinski definition) is 2. The molecule has 0 saturated heterocycles. The van der Waals surface area contributed by atoms with Crippen molar-refractivity contribution in [2.75, 3.05) is 12.0 Å². The van der Waals surface area contributed by atoms with Crippen LogP contribution in [0.5, 0.6) is 0 Å². The molecule has 1 aromatic carbocycles. The maximum Gasteiger partial charge on any atom is 0.251 e. The lowest BCUT2D eigenvalue weighted by molar-refractivity contribution is 0.0965. The van der Waals surface area contributed by atoms with E-state index in [1.54, 1.807) is 17.8 Å². The van der Waals surface area contributed by atoms with Gasteiger partial charge < -0.3 is 10.4 Å². The molecular weight excluding hydrogens is 290 g/mol. The van der Waals surface area contributed by atoms with Crippen LogP contribution in [-0.4, -0.2) is 23.0 Å². The van der Waals surface area contributed by atoms with Crippen LogP contribution in [0.25, 0.3) is 0 Å². The zero-order valence-corrected chi connectivity index (χ0v) is 11.2. The smallest absolute Gasteiger partial charge is 0.251 e. The minimum Gasteiger partial charge on any atom is -0.388 e. The molecule has 2 N–H and O–H groups in total. The quantitative estimate of drug-likeness (QED) is 0.899. The molecule has 1 aliphatic rings. The summed E-state index contributed by atoms with van der Waals surface area (Å²) in [5, 5.41) is 12.7. The average Bonchev–Trinajstić information content (AvgIpc) is 2.61. The molecular formula is C11H12BrNO2S. The fourth-order valence-electron chi connectivity index (χ4n) is 1.75. The van der Waals surface area contributed by atoms with Gasteiger partial charge in [-0.3, -0.25) is 4.79 Å². The number of nitrogens with one attached hydrogen (secondary N) is 1. The van der Waals surface area contributed by atoms with Gasteiger partial charge in [0.25, 0.3) is 5.91 Å². The molecule has 0 radical (unpaired) electrons. The van der Waals surface area contributed by atoms with Gasteiger partial charge in [-0.1, -0.05) is 15.9 Å². The lowest BCUT2D eigenvalue weighted by Crippen LogP contribution is -2.12. The van der Waals surface area contributed by atoms with Crippen molar-refractivity contribution in [3.8, 4) is 0 Å². The Morgan fingerprint density at radius 3 is 3.06 bits per heavy atom. The molecule has 1 aliphatic heterocycles. The molecule has 16 heavy (non-hydrogen) atoms. The molecule has 1 amide bonds. The number of aliphatic hydroxyl groups is 1. The van der Waals surface area contributed by atoms with Gasteiger partial charge in [0.1, 0.15) is 0 Å². The summed E-state index contributed by atoms with van der Waals surface area (Å²) in [6.07, 6.45) is 1.42. The Balaban J connectivity index is 2.40. The number of benzene rings is 1. The van der Waals surface area contributed by atoms with Gasteiger partial charge in [-0.25, -0.2) is 0 Å². The van der Waals surface area contributed by atoms with Crippen molar-refractivity contribution in [1.82, 2.24) is 5.32 Å². The summed E-state index contributed by atoms with van der Waals surface area (Å²) in [4.78, 5) is 11.5. The second-order valence-corrected chi connectivity index (χ2v) is 5.45. The van der Waals surface area contributed by atoms with Crippen molar-refractivity contribution in [3.63, 3.8) is 0 Å². The molecule has 1 atom stereocenters. The molecule has 1 aromatic rings. The normalized spacial score (nSPS) is 15.8. The summed E-state index contributed by atoms with van der Waals surface area (Å²) in [6, 6.07) is 3.67. The summed E-state index contributed by atoms with van der Waals surface area (Å²) >= 11 is 5.01. The molecule has 86 valence electrons. The van der Waals surface area contributed by atoms with Crippen LogP contribution in [0.3, 0.4) is 0 Å². The van der Waals surface area contributed by atoms with E-state index in [4.69, 9.17) is 0 Å². The highest BCUT2D eigenvalue weighted by molar-refractivity contribution is 9.10. The van der Waals surface area contributed by atoms with E-state index in [0.29, 0.717) is 17.9 Å². The van der Waals surface area contributed by atoms with Gasteiger partial charge in [0.2, 0.25) is 0 Å². The molecule has 0 fully saturated rings. The van der Waals surface area contributed by atoms with E-state index in [-0.39, 0.29) is 5.91 Å². The molecule has 0 saturated carbocycles. The third kappa shape index (κ3) is 2.12. The third-order valence-corrected chi connectivity index (χ3v) is 3.95. The van der Waals surface area contributed by atoms with Crippen LogP contribution in [0.4, 0.5) is 0 Å². The van der Waals surface area contributed by atoms with Crippen molar-refractivity contribution in [2.24, 2.45) is 0 Å². The number of thioether (sulfide) groups is 1. The average molecular weight is 302 g/mol. The van der Waals surface area contributed by atoms with Gasteiger partial charge in [0.05, 0.1) is 6.10 Å². The first-order valence-electron chi connectivity index (χ1n) is 4.91. The molecule has 3 nitrogen and oxygen atoms in total. The largest absolute Gasteiger partial charge is 0.388 e. The highest BCUT2D eigenvalue weighted by Crippen LogP contribution is 2.29. The lowest BCUT2D eigenvalue weighted by atomic mass is 10.0. The van der Waals surface area contributed by atoms with Crippen LogP contribution in [0.1, 0.15) is 27.6 Å². The summed E-state index contributed by atoms with van der Waals surface area (Å²) in [7, 11) is 0. The summed E-state index contributed by atoms with van der Waals surface area (Å²) in [5.41, 5.74) is 2.44. The van der Waals surface area contributed by atoms with Crippen molar-refractivity contribution >= 4 is 33.6 Å². The fourth-order valence-corrected chi connectivity index (χ4v) is 2.88. The molecule has 5 heteroatoms. The first kappa shape index (κ1) is 12.0. The number of hydrogen-bond acceptors (Lipinski definition) is 3. The Morgan fingerprint density at radius 2 is 2.38 bits per heavy atom. The Kier molecular flexibility index (Phi) is 3.56. The van der Waals surface area contributed by atoms with E-state index in [1.807, 2.05) is 12.3 Å². The molecule has 0 aliphatic carbocycles. The number of rotatable bonds is 3. The highest BCUT2D eigenvalue weighted by Gasteiger charge is 2.23. The predicted octanol–water partition coefficient (Wildman–Crippen LogP) is 2.09. The van der Waals surface area contributed by atoms with Crippen molar-refractivity contribution < 1.29 is 9.90 Å². The Bertz CT molecular complexity index is 436. The van der Waals surface area contributed by atoms with Crippen LogP contribution >= 0.6 is 27.7 Å². The van der Waals surface area contributed by atoms with Crippen LogP contribution in [0, 0.1) is 0 Å². The summed E-state index contributed by atoms with van der Waals surface area (Å²) in [6.45, 7) is 0.563. The highest BCUT2D eigenvalue weighted by atomic mass is 79.9. The molecule has 0 spiro atoms. The molecule has 2 rings (SSSR count). The van der Waals surface area contributed by atoms with Crippen molar-refractivity contribution in [3.05, 3.63) is 33.3 Å². The molecule has 0 bridgehead atoms. The van der Waals surface area contributed by atoms with Gasteiger partial charge in [-0.05, 0) is 29.5 Å². The molecule has 1 unspecified atom stereocenters. The predicted molar refractivity (Wildman–Crippen MR) is 68.7 cm³/mol. The van der Waals surface area contributed by atoms with E-state index in [9.17, 15) is 9.90 Å².